The average Bonchev–Trinajstić information content (AvgIpc) is 2.23. The van der Waals surface area contributed by atoms with Crippen LogP contribution in [0.4, 0.5) is 0 Å². The van der Waals surface area contributed by atoms with E-state index in [-0.39, 0.29) is 12.5 Å². The fourth-order valence-corrected chi connectivity index (χ4v) is 1.25. The number of carbonyl (C=O) groups excluding carboxylic acids is 2. The molecule has 0 unspecified atom stereocenters. The first-order valence-electron chi connectivity index (χ1n) is 4.94. The second-order valence-corrected chi connectivity index (χ2v) is 3.29. The summed E-state index contributed by atoms with van der Waals surface area (Å²) in [6.45, 7) is 4.84. The average molecular weight is 201 g/mol. The Balaban J connectivity index is 4.00. The smallest absolute Gasteiger partial charge is 0.325 e. The van der Waals surface area contributed by atoms with Crippen molar-refractivity contribution in [3.05, 3.63) is 0 Å². The van der Waals surface area contributed by atoms with Crippen molar-refractivity contribution in [2.24, 2.45) is 5.92 Å². The van der Waals surface area contributed by atoms with Crippen molar-refractivity contribution < 1.29 is 14.3 Å². The van der Waals surface area contributed by atoms with E-state index in [4.69, 9.17) is 0 Å². The molecule has 0 aromatic rings. The van der Waals surface area contributed by atoms with Gasteiger partial charge < -0.3 is 9.64 Å². The van der Waals surface area contributed by atoms with Crippen LogP contribution in [0.5, 0.6) is 0 Å². The number of hydrogen-bond donors (Lipinski definition) is 0. The van der Waals surface area contributed by atoms with E-state index >= 15 is 0 Å². The van der Waals surface area contributed by atoms with Gasteiger partial charge in [0.1, 0.15) is 6.54 Å². The monoisotopic (exact) mass is 201 g/mol. The van der Waals surface area contributed by atoms with Crippen LogP contribution in [0.15, 0.2) is 0 Å². The topological polar surface area (TPSA) is 46.6 Å². The first kappa shape index (κ1) is 12.9. The van der Waals surface area contributed by atoms with Gasteiger partial charge in [-0.15, -0.1) is 0 Å². The minimum atomic E-state index is -0.372. The van der Waals surface area contributed by atoms with E-state index in [9.17, 15) is 9.59 Å². The van der Waals surface area contributed by atoms with Crippen molar-refractivity contribution in [1.29, 1.82) is 0 Å². The summed E-state index contributed by atoms with van der Waals surface area (Å²) >= 11 is 0. The molecule has 0 aliphatic carbocycles. The van der Waals surface area contributed by atoms with Gasteiger partial charge >= 0.3 is 5.97 Å². The number of esters is 1. The largest absolute Gasteiger partial charge is 0.468 e. The zero-order valence-corrected chi connectivity index (χ0v) is 9.16. The molecule has 0 spiro atoms. The van der Waals surface area contributed by atoms with Crippen molar-refractivity contribution in [2.45, 2.75) is 26.7 Å². The zero-order valence-electron chi connectivity index (χ0n) is 9.16. The molecule has 0 atom stereocenters. The standard InChI is InChI=1S/C10H19NO3/c1-4-9(5-2)6-11(8-12)7-10(13)14-3/h8-9H,4-7H2,1-3H3. The highest BCUT2D eigenvalue weighted by molar-refractivity contribution is 5.73. The SMILES string of the molecule is CCC(CC)CN(C=O)CC(=O)OC. The molecule has 0 saturated carbocycles. The van der Waals surface area contributed by atoms with Crippen LogP contribution >= 0.6 is 0 Å². The number of rotatable bonds is 7. The Morgan fingerprint density at radius 1 is 1.43 bits per heavy atom. The highest BCUT2D eigenvalue weighted by atomic mass is 16.5. The van der Waals surface area contributed by atoms with E-state index in [0.29, 0.717) is 18.9 Å². The van der Waals surface area contributed by atoms with Crippen LogP contribution in [0.25, 0.3) is 0 Å². The van der Waals surface area contributed by atoms with Crippen LogP contribution in [0.2, 0.25) is 0 Å². The van der Waals surface area contributed by atoms with Crippen LogP contribution in [0, 0.1) is 5.92 Å². The quantitative estimate of drug-likeness (QED) is 0.457. The number of ether oxygens (including phenoxy) is 1. The molecule has 1 amide bonds. The molecule has 0 aromatic carbocycles. The summed E-state index contributed by atoms with van der Waals surface area (Å²) in [5.74, 6) is 0.0907. The van der Waals surface area contributed by atoms with Crippen molar-refractivity contribution in [1.82, 2.24) is 4.90 Å². The molecule has 0 aromatic heterocycles. The number of carbonyl (C=O) groups is 2. The molecule has 0 radical (unpaired) electrons. The molecule has 0 saturated heterocycles. The maximum atomic E-state index is 10.9. The molecular weight excluding hydrogens is 182 g/mol. The Kier molecular flexibility index (Phi) is 6.80. The minimum Gasteiger partial charge on any atom is -0.468 e. The predicted octanol–water partition coefficient (Wildman–Crippen LogP) is 1.05. The van der Waals surface area contributed by atoms with Crippen LogP contribution in [0.1, 0.15) is 26.7 Å². The second-order valence-electron chi connectivity index (χ2n) is 3.29. The maximum Gasteiger partial charge on any atom is 0.325 e. The Bertz CT molecular complexity index is 178. The van der Waals surface area contributed by atoms with E-state index in [1.807, 2.05) is 0 Å². The molecule has 14 heavy (non-hydrogen) atoms. The predicted molar refractivity (Wildman–Crippen MR) is 53.7 cm³/mol. The van der Waals surface area contributed by atoms with Gasteiger partial charge in [-0.3, -0.25) is 9.59 Å². The first-order valence-corrected chi connectivity index (χ1v) is 4.94. The molecule has 0 aliphatic heterocycles. The van der Waals surface area contributed by atoms with E-state index in [2.05, 4.69) is 18.6 Å². The molecule has 0 bridgehead atoms. The fraction of sp³-hybridized carbons (Fsp3) is 0.800. The number of hydrogen-bond acceptors (Lipinski definition) is 3. The third kappa shape index (κ3) is 4.84. The zero-order chi connectivity index (χ0) is 11.0. The minimum absolute atomic E-state index is 0.0521. The lowest BCUT2D eigenvalue weighted by Crippen LogP contribution is -2.33. The Morgan fingerprint density at radius 2 is 2.00 bits per heavy atom. The van der Waals surface area contributed by atoms with Crippen molar-refractivity contribution >= 4 is 12.4 Å². The molecule has 0 N–H and O–H groups in total. The maximum absolute atomic E-state index is 10.9. The Labute approximate surface area is 85.2 Å². The van der Waals surface area contributed by atoms with E-state index in [0.717, 1.165) is 12.8 Å². The molecule has 4 nitrogen and oxygen atoms in total. The van der Waals surface area contributed by atoms with Crippen LogP contribution in [-0.4, -0.2) is 37.5 Å². The number of amides is 1. The number of methoxy groups -OCH3 is 1. The van der Waals surface area contributed by atoms with E-state index in [1.54, 1.807) is 0 Å². The highest BCUT2D eigenvalue weighted by Gasteiger charge is 2.12. The first-order chi connectivity index (χ1) is 6.67. The molecule has 0 fully saturated rings. The van der Waals surface area contributed by atoms with Crippen molar-refractivity contribution in [3.8, 4) is 0 Å². The van der Waals surface area contributed by atoms with Crippen LogP contribution in [0.3, 0.4) is 0 Å². The fourth-order valence-electron chi connectivity index (χ4n) is 1.25. The van der Waals surface area contributed by atoms with Crippen LogP contribution in [-0.2, 0) is 14.3 Å². The lowest BCUT2D eigenvalue weighted by molar-refractivity contribution is -0.144. The molecule has 0 aliphatic rings. The van der Waals surface area contributed by atoms with Gasteiger partial charge in [0, 0.05) is 6.54 Å². The summed E-state index contributed by atoms with van der Waals surface area (Å²) < 4.78 is 4.49. The summed E-state index contributed by atoms with van der Waals surface area (Å²) in [5, 5.41) is 0. The van der Waals surface area contributed by atoms with Gasteiger partial charge in [-0.2, -0.15) is 0 Å². The third-order valence-corrected chi connectivity index (χ3v) is 2.36. The van der Waals surface area contributed by atoms with Crippen molar-refractivity contribution in [2.75, 3.05) is 20.2 Å². The summed E-state index contributed by atoms with van der Waals surface area (Å²) in [5.41, 5.74) is 0. The lowest BCUT2D eigenvalue weighted by atomic mass is 10.0. The summed E-state index contributed by atoms with van der Waals surface area (Å²) in [6, 6.07) is 0. The summed E-state index contributed by atoms with van der Waals surface area (Å²) in [4.78, 5) is 23.0. The van der Waals surface area contributed by atoms with E-state index < -0.39 is 0 Å². The Morgan fingerprint density at radius 3 is 2.36 bits per heavy atom. The summed E-state index contributed by atoms with van der Waals surface area (Å²) in [6.07, 6.45) is 2.74. The van der Waals surface area contributed by atoms with Gasteiger partial charge in [0.05, 0.1) is 7.11 Å². The molecule has 0 rings (SSSR count). The molecule has 4 heteroatoms. The van der Waals surface area contributed by atoms with Gasteiger partial charge in [-0.05, 0) is 5.92 Å². The van der Waals surface area contributed by atoms with E-state index in [1.165, 1.54) is 12.0 Å². The van der Waals surface area contributed by atoms with Gasteiger partial charge in [-0.1, -0.05) is 26.7 Å². The number of nitrogens with zero attached hydrogens (tertiary/aromatic N) is 1. The normalized spacial score (nSPS) is 10.0. The van der Waals surface area contributed by atoms with Gasteiger partial charge in [0.2, 0.25) is 6.41 Å². The molecular formula is C10H19NO3. The van der Waals surface area contributed by atoms with Gasteiger partial charge in [0.15, 0.2) is 0 Å². The second kappa shape index (κ2) is 7.35. The highest BCUT2D eigenvalue weighted by Crippen LogP contribution is 2.08. The molecule has 82 valence electrons. The van der Waals surface area contributed by atoms with Gasteiger partial charge in [-0.25, -0.2) is 0 Å². The molecule has 0 heterocycles. The van der Waals surface area contributed by atoms with Crippen LogP contribution < -0.4 is 0 Å². The van der Waals surface area contributed by atoms with Gasteiger partial charge in [0.25, 0.3) is 0 Å². The lowest BCUT2D eigenvalue weighted by Gasteiger charge is -2.21. The Hall–Kier alpha value is -1.06. The third-order valence-electron chi connectivity index (χ3n) is 2.36. The van der Waals surface area contributed by atoms with Crippen molar-refractivity contribution in [3.63, 3.8) is 0 Å². The summed E-state index contributed by atoms with van der Waals surface area (Å²) in [7, 11) is 1.32.